The first-order valence-electron chi connectivity index (χ1n) is 5.54. The largest absolute Gasteiger partial charge is 0.361 e. The number of likely N-dealkylation sites (tertiary alicyclic amines) is 1. The number of hydrogen-bond acceptors (Lipinski definition) is 1. The Hall–Kier alpha value is -0.530. The van der Waals surface area contributed by atoms with Crippen LogP contribution in [-0.4, -0.2) is 23.8 Å². The predicted molar refractivity (Wildman–Crippen MR) is 57.2 cm³/mol. The molecular formula is C11H22N2. The van der Waals surface area contributed by atoms with Crippen LogP contribution in [0.15, 0.2) is 0 Å². The molecule has 0 spiro atoms. The summed E-state index contributed by atoms with van der Waals surface area (Å²) < 4.78 is 0. The molecule has 1 fully saturated rings. The molecule has 2 heteroatoms. The number of amidine groups is 1. The third-order valence-corrected chi connectivity index (χ3v) is 3.02. The van der Waals surface area contributed by atoms with Crippen molar-refractivity contribution in [2.75, 3.05) is 13.1 Å². The Morgan fingerprint density at radius 3 is 2.77 bits per heavy atom. The monoisotopic (exact) mass is 182 g/mol. The summed E-state index contributed by atoms with van der Waals surface area (Å²) in [6.07, 6.45) is 6.64. The normalized spacial score (nSPS) is 24.2. The van der Waals surface area contributed by atoms with Crippen LogP contribution in [0, 0.1) is 11.3 Å². The Kier molecular flexibility index (Phi) is 4.26. The average Bonchev–Trinajstić information content (AvgIpc) is 2.30. The second-order valence-corrected chi connectivity index (χ2v) is 4.16. The summed E-state index contributed by atoms with van der Waals surface area (Å²) in [5.41, 5.74) is 0. The van der Waals surface area contributed by atoms with Crippen molar-refractivity contribution in [1.29, 1.82) is 5.41 Å². The highest BCUT2D eigenvalue weighted by Gasteiger charge is 2.15. The van der Waals surface area contributed by atoms with Crippen LogP contribution < -0.4 is 0 Å². The van der Waals surface area contributed by atoms with E-state index in [9.17, 15) is 0 Å². The number of nitrogens with one attached hydrogen (secondary N) is 1. The minimum Gasteiger partial charge on any atom is -0.361 e. The van der Waals surface area contributed by atoms with Crippen LogP contribution >= 0.6 is 0 Å². The van der Waals surface area contributed by atoms with E-state index in [1.807, 2.05) is 6.92 Å². The topological polar surface area (TPSA) is 27.1 Å². The van der Waals surface area contributed by atoms with Gasteiger partial charge in [0, 0.05) is 13.1 Å². The van der Waals surface area contributed by atoms with Gasteiger partial charge < -0.3 is 4.90 Å². The number of nitrogens with zero attached hydrogens (tertiary/aromatic N) is 1. The van der Waals surface area contributed by atoms with Crippen molar-refractivity contribution < 1.29 is 0 Å². The van der Waals surface area contributed by atoms with Gasteiger partial charge in [0.15, 0.2) is 0 Å². The highest BCUT2D eigenvalue weighted by atomic mass is 15.2. The molecular weight excluding hydrogens is 160 g/mol. The van der Waals surface area contributed by atoms with E-state index in [4.69, 9.17) is 5.41 Å². The first kappa shape index (κ1) is 10.6. The molecule has 1 aliphatic rings. The van der Waals surface area contributed by atoms with Crippen LogP contribution in [0.4, 0.5) is 0 Å². The molecule has 0 saturated carbocycles. The van der Waals surface area contributed by atoms with Gasteiger partial charge in [0.05, 0.1) is 5.84 Å². The first-order valence-corrected chi connectivity index (χ1v) is 5.54. The second-order valence-electron chi connectivity index (χ2n) is 4.16. The minimum absolute atomic E-state index is 0.747. The molecule has 0 aliphatic carbocycles. The molecule has 1 aliphatic heterocycles. The number of hydrogen-bond donors (Lipinski definition) is 1. The standard InChI is InChI=1S/C11H22N2/c1-3-5-11-6-4-8-13(9-7-11)10(2)12/h11-12H,3-9H2,1-2H3. The molecule has 13 heavy (non-hydrogen) atoms. The van der Waals surface area contributed by atoms with Crippen LogP contribution in [0.1, 0.15) is 46.0 Å². The van der Waals surface area contributed by atoms with Gasteiger partial charge in [-0.15, -0.1) is 0 Å². The lowest BCUT2D eigenvalue weighted by Gasteiger charge is -2.20. The average molecular weight is 182 g/mol. The summed E-state index contributed by atoms with van der Waals surface area (Å²) in [4.78, 5) is 2.22. The van der Waals surface area contributed by atoms with Crippen LogP contribution in [0.25, 0.3) is 0 Å². The highest BCUT2D eigenvalue weighted by molar-refractivity contribution is 5.76. The lowest BCUT2D eigenvalue weighted by molar-refractivity contribution is 0.399. The quantitative estimate of drug-likeness (QED) is 0.516. The Morgan fingerprint density at radius 2 is 2.15 bits per heavy atom. The Morgan fingerprint density at radius 1 is 1.38 bits per heavy atom. The van der Waals surface area contributed by atoms with Gasteiger partial charge in [0.1, 0.15) is 0 Å². The van der Waals surface area contributed by atoms with E-state index in [0.717, 1.165) is 24.8 Å². The van der Waals surface area contributed by atoms with Crippen molar-refractivity contribution in [1.82, 2.24) is 4.90 Å². The molecule has 76 valence electrons. The Labute approximate surface area is 81.8 Å². The van der Waals surface area contributed by atoms with E-state index in [-0.39, 0.29) is 0 Å². The maximum absolute atomic E-state index is 7.58. The molecule has 1 N–H and O–H groups in total. The summed E-state index contributed by atoms with van der Waals surface area (Å²) in [6, 6.07) is 0. The smallest absolute Gasteiger partial charge is 0.0925 e. The summed E-state index contributed by atoms with van der Waals surface area (Å²) in [7, 11) is 0. The third-order valence-electron chi connectivity index (χ3n) is 3.02. The van der Waals surface area contributed by atoms with Crippen molar-refractivity contribution in [3.8, 4) is 0 Å². The van der Waals surface area contributed by atoms with Crippen LogP contribution in [0.3, 0.4) is 0 Å². The molecule has 0 aromatic rings. The van der Waals surface area contributed by atoms with Gasteiger partial charge in [-0.25, -0.2) is 0 Å². The van der Waals surface area contributed by atoms with Gasteiger partial charge in [-0.2, -0.15) is 0 Å². The fourth-order valence-electron chi connectivity index (χ4n) is 2.20. The summed E-state index contributed by atoms with van der Waals surface area (Å²) >= 11 is 0. The van der Waals surface area contributed by atoms with Crippen molar-refractivity contribution in [2.24, 2.45) is 5.92 Å². The summed E-state index contributed by atoms with van der Waals surface area (Å²) in [6.45, 7) is 6.39. The molecule has 1 unspecified atom stereocenters. The maximum atomic E-state index is 7.58. The molecule has 1 atom stereocenters. The molecule has 1 rings (SSSR count). The molecule has 0 aromatic carbocycles. The molecule has 0 aromatic heterocycles. The molecule has 0 bridgehead atoms. The predicted octanol–water partition coefficient (Wildman–Crippen LogP) is 2.89. The molecule has 2 nitrogen and oxygen atoms in total. The Bertz CT molecular complexity index is 165. The zero-order valence-electron chi connectivity index (χ0n) is 8.97. The van der Waals surface area contributed by atoms with E-state index in [1.54, 1.807) is 0 Å². The van der Waals surface area contributed by atoms with E-state index < -0.39 is 0 Å². The van der Waals surface area contributed by atoms with Gasteiger partial charge in [-0.1, -0.05) is 19.8 Å². The fourth-order valence-corrected chi connectivity index (χ4v) is 2.20. The number of rotatable bonds is 2. The van der Waals surface area contributed by atoms with E-state index >= 15 is 0 Å². The molecule has 1 saturated heterocycles. The first-order chi connectivity index (χ1) is 6.24. The lowest BCUT2D eigenvalue weighted by atomic mass is 9.96. The second kappa shape index (κ2) is 5.25. The van der Waals surface area contributed by atoms with Crippen LogP contribution in [0.5, 0.6) is 0 Å². The van der Waals surface area contributed by atoms with E-state index in [1.165, 1.54) is 32.1 Å². The van der Waals surface area contributed by atoms with Crippen molar-refractivity contribution in [3.05, 3.63) is 0 Å². The van der Waals surface area contributed by atoms with Crippen LogP contribution in [0.2, 0.25) is 0 Å². The van der Waals surface area contributed by atoms with Gasteiger partial charge in [0.2, 0.25) is 0 Å². The third kappa shape index (κ3) is 3.37. The van der Waals surface area contributed by atoms with E-state index in [0.29, 0.717) is 0 Å². The summed E-state index contributed by atoms with van der Waals surface area (Å²) in [5, 5.41) is 7.58. The maximum Gasteiger partial charge on any atom is 0.0925 e. The van der Waals surface area contributed by atoms with Crippen molar-refractivity contribution in [3.63, 3.8) is 0 Å². The molecule has 0 radical (unpaired) electrons. The zero-order valence-corrected chi connectivity index (χ0v) is 8.97. The SMILES string of the molecule is CCCC1CCCN(C(C)=N)CC1. The molecule has 1 heterocycles. The van der Waals surface area contributed by atoms with Gasteiger partial charge in [0.25, 0.3) is 0 Å². The van der Waals surface area contributed by atoms with E-state index in [2.05, 4.69) is 11.8 Å². The lowest BCUT2D eigenvalue weighted by Crippen LogP contribution is -2.29. The highest BCUT2D eigenvalue weighted by Crippen LogP contribution is 2.21. The van der Waals surface area contributed by atoms with Crippen molar-refractivity contribution in [2.45, 2.75) is 46.0 Å². The van der Waals surface area contributed by atoms with Gasteiger partial charge in [-0.05, 0) is 32.1 Å². The zero-order chi connectivity index (χ0) is 9.68. The molecule has 0 amide bonds. The Balaban J connectivity index is 2.35. The van der Waals surface area contributed by atoms with Crippen LogP contribution in [-0.2, 0) is 0 Å². The minimum atomic E-state index is 0.747. The van der Waals surface area contributed by atoms with Crippen molar-refractivity contribution >= 4 is 5.84 Å². The van der Waals surface area contributed by atoms with Gasteiger partial charge in [-0.3, -0.25) is 5.41 Å². The summed E-state index contributed by atoms with van der Waals surface area (Å²) in [5.74, 6) is 1.67. The van der Waals surface area contributed by atoms with Gasteiger partial charge >= 0.3 is 0 Å². The fraction of sp³-hybridized carbons (Fsp3) is 0.909.